The SMILES string of the molecule is CN(C)CC1CCCN1Cc1ccc(/C(N)=N/O)cc1Cl. The van der Waals surface area contributed by atoms with Gasteiger partial charge >= 0.3 is 0 Å². The minimum atomic E-state index is 0.0788. The number of likely N-dealkylation sites (N-methyl/N-ethyl adjacent to an activating group) is 1. The highest BCUT2D eigenvalue weighted by Gasteiger charge is 2.25. The highest BCUT2D eigenvalue weighted by atomic mass is 35.5. The van der Waals surface area contributed by atoms with Crippen molar-refractivity contribution >= 4 is 17.4 Å². The first kappa shape index (κ1) is 16.1. The summed E-state index contributed by atoms with van der Waals surface area (Å²) in [6.07, 6.45) is 2.47. The maximum absolute atomic E-state index is 8.70. The van der Waals surface area contributed by atoms with Gasteiger partial charge in [-0.3, -0.25) is 4.90 Å². The van der Waals surface area contributed by atoms with E-state index in [0.29, 0.717) is 16.6 Å². The van der Waals surface area contributed by atoms with Crippen molar-refractivity contribution in [2.75, 3.05) is 27.2 Å². The highest BCUT2D eigenvalue weighted by molar-refractivity contribution is 6.31. The van der Waals surface area contributed by atoms with E-state index in [-0.39, 0.29) is 5.84 Å². The molecule has 0 aliphatic carbocycles. The number of amidine groups is 1. The molecule has 1 unspecified atom stereocenters. The summed E-state index contributed by atoms with van der Waals surface area (Å²) in [4.78, 5) is 4.70. The first-order chi connectivity index (χ1) is 10.0. The Kier molecular flexibility index (Phi) is 5.45. The van der Waals surface area contributed by atoms with E-state index in [0.717, 1.165) is 25.2 Å². The van der Waals surface area contributed by atoms with Crippen molar-refractivity contribution in [2.24, 2.45) is 10.9 Å². The zero-order chi connectivity index (χ0) is 15.4. The van der Waals surface area contributed by atoms with Gasteiger partial charge in [-0.05, 0) is 45.1 Å². The van der Waals surface area contributed by atoms with E-state index >= 15 is 0 Å². The van der Waals surface area contributed by atoms with Gasteiger partial charge in [0.25, 0.3) is 0 Å². The van der Waals surface area contributed by atoms with E-state index in [2.05, 4.69) is 29.1 Å². The number of hydrogen-bond donors (Lipinski definition) is 2. The Labute approximate surface area is 131 Å². The van der Waals surface area contributed by atoms with Gasteiger partial charge in [0.2, 0.25) is 0 Å². The van der Waals surface area contributed by atoms with Gasteiger partial charge in [-0.1, -0.05) is 28.9 Å². The third-order valence-corrected chi connectivity index (χ3v) is 4.26. The molecule has 1 saturated heterocycles. The number of nitrogens with zero attached hydrogens (tertiary/aromatic N) is 3. The summed E-state index contributed by atoms with van der Waals surface area (Å²) >= 11 is 6.33. The molecule has 5 nitrogen and oxygen atoms in total. The van der Waals surface area contributed by atoms with Crippen molar-refractivity contribution in [3.8, 4) is 0 Å². The summed E-state index contributed by atoms with van der Waals surface area (Å²) in [6, 6.07) is 6.14. The predicted molar refractivity (Wildman–Crippen MR) is 85.9 cm³/mol. The summed E-state index contributed by atoms with van der Waals surface area (Å²) in [6.45, 7) is 3.02. The van der Waals surface area contributed by atoms with Crippen molar-refractivity contribution in [1.82, 2.24) is 9.80 Å². The predicted octanol–water partition coefficient (Wildman–Crippen LogP) is 1.96. The summed E-state index contributed by atoms with van der Waals surface area (Å²) in [5, 5.41) is 12.4. The Balaban J connectivity index is 2.09. The second-order valence-corrected chi connectivity index (χ2v) is 6.23. The van der Waals surface area contributed by atoms with Gasteiger partial charge in [-0.15, -0.1) is 0 Å². The van der Waals surface area contributed by atoms with Crippen LogP contribution in [0.5, 0.6) is 0 Å². The van der Waals surface area contributed by atoms with E-state index < -0.39 is 0 Å². The Hall–Kier alpha value is -1.30. The largest absolute Gasteiger partial charge is 0.409 e. The fraction of sp³-hybridized carbons (Fsp3) is 0.533. The molecule has 21 heavy (non-hydrogen) atoms. The number of rotatable bonds is 5. The molecule has 1 fully saturated rings. The van der Waals surface area contributed by atoms with Crippen molar-refractivity contribution in [3.05, 3.63) is 34.3 Å². The number of halogens is 1. The molecule has 2 rings (SSSR count). The van der Waals surface area contributed by atoms with Crippen molar-refractivity contribution in [3.63, 3.8) is 0 Å². The van der Waals surface area contributed by atoms with Gasteiger partial charge < -0.3 is 15.8 Å². The fourth-order valence-electron chi connectivity index (χ4n) is 2.84. The van der Waals surface area contributed by atoms with Crippen LogP contribution in [0.2, 0.25) is 5.02 Å². The molecule has 0 saturated carbocycles. The van der Waals surface area contributed by atoms with Crippen LogP contribution in [0.1, 0.15) is 24.0 Å². The second kappa shape index (κ2) is 7.11. The lowest BCUT2D eigenvalue weighted by molar-refractivity contribution is 0.201. The molecule has 1 aromatic carbocycles. The number of nitrogens with two attached hydrogens (primary N) is 1. The van der Waals surface area contributed by atoms with Crippen LogP contribution < -0.4 is 5.73 Å². The van der Waals surface area contributed by atoms with Gasteiger partial charge in [0.1, 0.15) is 0 Å². The maximum Gasteiger partial charge on any atom is 0.170 e. The van der Waals surface area contributed by atoms with Gasteiger partial charge in [0.05, 0.1) is 0 Å². The lowest BCUT2D eigenvalue weighted by Crippen LogP contribution is -2.37. The molecular weight excluding hydrogens is 288 g/mol. The van der Waals surface area contributed by atoms with Crippen molar-refractivity contribution in [1.29, 1.82) is 0 Å². The van der Waals surface area contributed by atoms with Gasteiger partial charge in [-0.25, -0.2) is 0 Å². The van der Waals surface area contributed by atoms with Gasteiger partial charge in [0, 0.05) is 29.7 Å². The normalized spacial score (nSPS) is 20.4. The lowest BCUT2D eigenvalue weighted by Gasteiger charge is -2.27. The maximum atomic E-state index is 8.70. The molecule has 0 amide bonds. The van der Waals surface area contributed by atoms with Crippen LogP contribution in [-0.2, 0) is 6.54 Å². The minimum Gasteiger partial charge on any atom is -0.409 e. The molecule has 1 aliphatic heterocycles. The summed E-state index contributed by atoms with van der Waals surface area (Å²) in [5.41, 5.74) is 7.30. The zero-order valence-electron chi connectivity index (χ0n) is 12.6. The van der Waals surface area contributed by atoms with Crippen LogP contribution in [-0.4, -0.2) is 54.1 Å². The molecular formula is C15H23ClN4O. The van der Waals surface area contributed by atoms with Gasteiger partial charge in [0.15, 0.2) is 5.84 Å². The average molecular weight is 311 g/mol. The number of hydrogen-bond acceptors (Lipinski definition) is 4. The topological polar surface area (TPSA) is 65.1 Å². The lowest BCUT2D eigenvalue weighted by atomic mass is 10.1. The van der Waals surface area contributed by atoms with Crippen molar-refractivity contribution in [2.45, 2.75) is 25.4 Å². The molecule has 0 spiro atoms. The molecule has 6 heteroatoms. The molecule has 0 radical (unpaired) electrons. The van der Waals surface area contributed by atoms with Gasteiger partial charge in [-0.2, -0.15) is 0 Å². The number of oxime groups is 1. The monoisotopic (exact) mass is 310 g/mol. The Morgan fingerprint density at radius 1 is 1.52 bits per heavy atom. The van der Waals surface area contributed by atoms with Crippen LogP contribution >= 0.6 is 11.6 Å². The molecule has 116 valence electrons. The molecule has 3 N–H and O–H groups in total. The van der Waals surface area contributed by atoms with Crippen LogP contribution in [0, 0.1) is 0 Å². The van der Waals surface area contributed by atoms with E-state index in [1.807, 2.05) is 12.1 Å². The molecule has 0 bridgehead atoms. The number of benzene rings is 1. The summed E-state index contributed by atoms with van der Waals surface area (Å²) in [5.74, 6) is 0.0788. The summed E-state index contributed by atoms with van der Waals surface area (Å²) < 4.78 is 0. The zero-order valence-corrected chi connectivity index (χ0v) is 13.3. The molecule has 1 atom stereocenters. The minimum absolute atomic E-state index is 0.0788. The average Bonchev–Trinajstić information content (AvgIpc) is 2.86. The Morgan fingerprint density at radius 2 is 2.29 bits per heavy atom. The number of likely N-dealkylation sites (tertiary alicyclic amines) is 1. The van der Waals surface area contributed by atoms with E-state index in [1.165, 1.54) is 12.8 Å². The first-order valence-electron chi connectivity index (χ1n) is 7.16. The van der Waals surface area contributed by atoms with Crippen molar-refractivity contribution < 1.29 is 5.21 Å². The standard InChI is InChI=1S/C15H23ClN4O/c1-19(2)10-13-4-3-7-20(13)9-12-6-5-11(8-14(12)16)15(17)18-21/h5-6,8,13,21H,3-4,7,9-10H2,1-2H3,(H2,17,18). The second-order valence-electron chi connectivity index (χ2n) is 5.82. The van der Waals surface area contributed by atoms with Crippen LogP contribution in [0.3, 0.4) is 0 Å². The quantitative estimate of drug-likeness (QED) is 0.378. The molecule has 1 heterocycles. The summed E-state index contributed by atoms with van der Waals surface area (Å²) in [7, 11) is 4.21. The third-order valence-electron chi connectivity index (χ3n) is 3.90. The van der Waals surface area contributed by atoms with E-state index in [9.17, 15) is 0 Å². The third kappa shape index (κ3) is 4.09. The van der Waals surface area contributed by atoms with E-state index in [1.54, 1.807) is 6.07 Å². The Morgan fingerprint density at radius 3 is 2.90 bits per heavy atom. The van der Waals surface area contributed by atoms with Crippen LogP contribution in [0.15, 0.2) is 23.4 Å². The van der Waals surface area contributed by atoms with E-state index in [4.69, 9.17) is 22.5 Å². The molecule has 0 aromatic heterocycles. The molecule has 1 aromatic rings. The smallest absolute Gasteiger partial charge is 0.170 e. The first-order valence-corrected chi connectivity index (χ1v) is 7.54. The van der Waals surface area contributed by atoms with Crippen LogP contribution in [0.4, 0.5) is 0 Å². The Bertz CT molecular complexity index is 518. The fourth-order valence-corrected chi connectivity index (χ4v) is 3.08. The van der Waals surface area contributed by atoms with Crippen LogP contribution in [0.25, 0.3) is 0 Å². The highest BCUT2D eigenvalue weighted by Crippen LogP contribution is 2.25. The molecule has 1 aliphatic rings.